The van der Waals surface area contributed by atoms with E-state index in [1.807, 2.05) is 6.07 Å². The minimum atomic E-state index is -0.343. The Morgan fingerprint density at radius 3 is 2.53 bits per heavy atom. The first-order valence-corrected chi connectivity index (χ1v) is 7.11. The molecule has 0 aromatic heterocycles. The van der Waals surface area contributed by atoms with Gasteiger partial charge in [0.25, 0.3) is 0 Å². The zero-order valence-corrected chi connectivity index (χ0v) is 13.6. The van der Waals surface area contributed by atoms with Crippen molar-refractivity contribution in [3.63, 3.8) is 0 Å². The zero-order chi connectivity index (χ0) is 14.4. The van der Waals surface area contributed by atoms with Crippen LogP contribution in [0.4, 0.5) is 0 Å². The minimum absolute atomic E-state index is 0.0320. The Morgan fingerprint density at radius 1 is 1.32 bits per heavy atom. The molecular weight excluding hydrogens is 308 g/mol. The van der Waals surface area contributed by atoms with Gasteiger partial charge in [-0.3, -0.25) is 4.79 Å². The Hall–Kier alpha value is -1.03. The van der Waals surface area contributed by atoms with Gasteiger partial charge in [0, 0.05) is 17.0 Å². The molecular formula is C15H19BrO3. The lowest BCUT2D eigenvalue weighted by atomic mass is 9.73. The van der Waals surface area contributed by atoms with Crippen molar-refractivity contribution in [2.75, 3.05) is 0 Å². The average molecular weight is 327 g/mol. The van der Waals surface area contributed by atoms with Crippen molar-refractivity contribution in [1.29, 1.82) is 0 Å². The Balaban J connectivity index is 2.62. The van der Waals surface area contributed by atoms with Gasteiger partial charge in [0.05, 0.1) is 0 Å². The van der Waals surface area contributed by atoms with Crippen LogP contribution in [0, 0.1) is 0 Å². The molecule has 104 valence electrons. The Morgan fingerprint density at radius 2 is 1.95 bits per heavy atom. The lowest BCUT2D eigenvalue weighted by molar-refractivity contribution is -0.132. The quantitative estimate of drug-likeness (QED) is 0.572. The Kier molecular flexibility index (Phi) is 3.42. The first-order chi connectivity index (χ1) is 8.61. The third-order valence-electron chi connectivity index (χ3n) is 3.25. The molecule has 0 unspecified atom stereocenters. The van der Waals surface area contributed by atoms with Crippen LogP contribution < -0.4 is 9.47 Å². The standard InChI is InChI=1S/C15H19BrO3/c1-9(17)18-12-7-10(16)6-11-13(12)19-15(4,5)8-14(11,2)3/h6-7H,8H2,1-5H3. The summed E-state index contributed by atoms with van der Waals surface area (Å²) in [4.78, 5) is 11.2. The van der Waals surface area contributed by atoms with Crippen LogP contribution in [-0.4, -0.2) is 11.6 Å². The van der Waals surface area contributed by atoms with E-state index in [-0.39, 0.29) is 17.0 Å². The number of hydrogen-bond donors (Lipinski definition) is 0. The number of ether oxygens (including phenoxy) is 2. The topological polar surface area (TPSA) is 35.5 Å². The highest BCUT2D eigenvalue weighted by molar-refractivity contribution is 9.10. The van der Waals surface area contributed by atoms with E-state index in [0.717, 1.165) is 16.5 Å². The van der Waals surface area contributed by atoms with E-state index in [1.165, 1.54) is 6.92 Å². The highest BCUT2D eigenvalue weighted by Gasteiger charge is 2.40. The second kappa shape index (κ2) is 4.51. The van der Waals surface area contributed by atoms with Crippen LogP contribution in [0.5, 0.6) is 11.5 Å². The van der Waals surface area contributed by atoms with Gasteiger partial charge in [-0.05, 0) is 37.8 Å². The number of carbonyl (C=O) groups is 1. The minimum Gasteiger partial charge on any atom is -0.484 e. The van der Waals surface area contributed by atoms with Crippen LogP contribution in [0.25, 0.3) is 0 Å². The molecule has 1 aliphatic rings. The van der Waals surface area contributed by atoms with Crippen LogP contribution in [0.2, 0.25) is 0 Å². The molecule has 0 aliphatic carbocycles. The van der Waals surface area contributed by atoms with E-state index in [1.54, 1.807) is 6.07 Å². The van der Waals surface area contributed by atoms with Crippen molar-refractivity contribution >= 4 is 21.9 Å². The van der Waals surface area contributed by atoms with E-state index in [4.69, 9.17) is 9.47 Å². The van der Waals surface area contributed by atoms with Gasteiger partial charge < -0.3 is 9.47 Å². The fourth-order valence-electron chi connectivity index (χ4n) is 2.88. The smallest absolute Gasteiger partial charge is 0.308 e. The van der Waals surface area contributed by atoms with Gasteiger partial charge in [-0.15, -0.1) is 0 Å². The third-order valence-corrected chi connectivity index (χ3v) is 3.71. The number of rotatable bonds is 1. The number of fused-ring (bicyclic) bond motifs is 1. The average Bonchev–Trinajstić information content (AvgIpc) is 2.17. The van der Waals surface area contributed by atoms with E-state index in [2.05, 4.69) is 43.6 Å². The van der Waals surface area contributed by atoms with Crippen LogP contribution in [0.3, 0.4) is 0 Å². The van der Waals surface area contributed by atoms with Crippen molar-refractivity contribution < 1.29 is 14.3 Å². The molecule has 0 fully saturated rings. The summed E-state index contributed by atoms with van der Waals surface area (Å²) in [5.74, 6) is 0.822. The van der Waals surface area contributed by atoms with Gasteiger partial charge >= 0.3 is 5.97 Å². The van der Waals surface area contributed by atoms with Gasteiger partial charge in [0.2, 0.25) is 0 Å². The summed E-state index contributed by atoms with van der Waals surface area (Å²) in [5, 5.41) is 0. The summed E-state index contributed by atoms with van der Waals surface area (Å²) in [6.07, 6.45) is 0.906. The number of carbonyl (C=O) groups excluding carboxylic acids is 1. The Bertz CT molecular complexity index is 532. The molecule has 1 aromatic carbocycles. The van der Waals surface area contributed by atoms with Gasteiger partial charge in [0.1, 0.15) is 5.60 Å². The molecule has 0 radical (unpaired) electrons. The number of hydrogen-bond acceptors (Lipinski definition) is 3. The van der Waals surface area contributed by atoms with E-state index >= 15 is 0 Å². The van der Waals surface area contributed by atoms with Crippen molar-refractivity contribution in [3.8, 4) is 11.5 Å². The lowest BCUT2D eigenvalue weighted by Crippen LogP contribution is -2.41. The molecule has 0 saturated heterocycles. The summed E-state index contributed by atoms with van der Waals surface area (Å²) in [6, 6.07) is 3.81. The van der Waals surface area contributed by atoms with E-state index < -0.39 is 0 Å². The zero-order valence-electron chi connectivity index (χ0n) is 12.0. The molecule has 1 aromatic rings. The van der Waals surface area contributed by atoms with Crippen LogP contribution in [-0.2, 0) is 10.2 Å². The molecule has 0 saturated carbocycles. The first kappa shape index (κ1) is 14.4. The largest absolute Gasteiger partial charge is 0.484 e. The third kappa shape index (κ3) is 2.94. The molecule has 3 nitrogen and oxygen atoms in total. The van der Waals surface area contributed by atoms with Crippen LogP contribution in [0.1, 0.15) is 46.6 Å². The second-order valence-electron chi connectivity index (χ2n) is 6.30. The van der Waals surface area contributed by atoms with E-state index in [9.17, 15) is 4.79 Å². The molecule has 2 rings (SSSR count). The fourth-order valence-corrected chi connectivity index (χ4v) is 3.32. The molecule has 4 heteroatoms. The Labute approximate surface area is 122 Å². The molecule has 0 bridgehead atoms. The monoisotopic (exact) mass is 326 g/mol. The highest BCUT2D eigenvalue weighted by Crippen LogP contribution is 2.49. The predicted molar refractivity (Wildman–Crippen MR) is 77.8 cm³/mol. The maximum Gasteiger partial charge on any atom is 0.308 e. The van der Waals surface area contributed by atoms with Crippen molar-refractivity contribution in [2.45, 2.75) is 52.1 Å². The predicted octanol–water partition coefficient (Wildman–Crippen LogP) is 4.21. The van der Waals surface area contributed by atoms with Gasteiger partial charge in [-0.1, -0.05) is 29.8 Å². The summed E-state index contributed by atoms with van der Waals surface area (Å²) in [5.41, 5.74) is 0.757. The lowest BCUT2D eigenvalue weighted by Gasteiger charge is -2.42. The number of halogens is 1. The van der Waals surface area contributed by atoms with Gasteiger partial charge in [0.15, 0.2) is 11.5 Å². The fraction of sp³-hybridized carbons (Fsp3) is 0.533. The molecule has 0 atom stereocenters. The summed E-state index contributed by atoms with van der Waals surface area (Å²) in [7, 11) is 0. The second-order valence-corrected chi connectivity index (χ2v) is 7.21. The molecule has 0 N–H and O–H groups in total. The molecule has 0 spiro atoms. The summed E-state index contributed by atoms with van der Waals surface area (Å²) in [6.45, 7) is 9.86. The number of esters is 1. The molecule has 0 amide bonds. The summed E-state index contributed by atoms with van der Waals surface area (Å²) >= 11 is 3.46. The molecule has 1 aliphatic heterocycles. The van der Waals surface area contributed by atoms with E-state index in [0.29, 0.717) is 11.5 Å². The van der Waals surface area contributed by atoms with Crippen molar-refractivity contribution in [3.05, 3.63) is 22.2 Å². The maximum atomic E-state index is 11.2. The van der Waals surface area contributed by atoms with Crippen molar-refractivity contribution in [1.82, 2.24) is 0 Å². The molecule has 19 heavy (non-hydrogen) atoms. The van der Waals surface area contributed by atoms with Gasteiger partial charge in [-0.25, -0.2) is 0 Å². The number of benzene rings is 1. The SMILES string of the molecule is CC(=O)Oc1cc(Br)cc2c1OC(C)(C)CC2(C)C. The molecule has 1 heterocycles. The first-order valence-electron chi connectivity index (χ1n) is 6.32. The van der Waals surface area contributed by atoms with Gasteiger partial charge in [-0.2, -0.15) is 0 Å². The maximum absolute atomic E-state index is 11.2. The highest BCUT2D eigenvalue weighted by atomic mass is 79.9. The van der Waals surface area contributed by atoms with Crippen LogP contribution >= 0.6 is 15.9 Å². The van der Waals surface area contributed by atoms with Crippen LogP contribution in [0.15, 0.2) is 16.6 Å². The van der Waals surface area contributed by atoms with Crippen molar-refractivity contribution in [2.24, 2.45) is 0 Å². The normalized spacial score (nSPS) is 19.3. The summed E-state index contributed by atoms with van der Waals surface area (Å²) < 4.78 is 12.2.